The Kier molecular flexibility index (Phi) is 5.36. The Morgan fingerprint density at radius 2 is 1.94 bits per heavy atom. The molecule has 5 rings (SSSR count). The van der Waals surface area contributed by atoms with Gasteiger partial charge in [-0.1, -0.05) is 5.92 Å². The lowest BCUT2D eigenvalue weighted by molar-refractivity contribution is 0.227. The van der Waals surface area contributed by atoms with Crippen LogP contribution < -0.4 is 21.3 Å². The molecule has 2 aromatic heterocycles. The van der Waals surface area contributed by atoms with Crippen molar-refractivity contribution in [2.24, 2.45) is 0 Å². The summed E-state index contributed by atoms with van der Waals surface area (Å²) in [5.74, 6) is 5.66. The molecule has 2 N–H and O–H groups in total. The van der Waals surface area contributed by atoms with Crippen LogP contribution in [-0.4, -0.2) is 50.7 Å². The number of ether oxygens (including phenoxy) is 1. The van der Waals surface area contributed by atoms with Gasteiger partial charge >= 0.3 is 11.7 Å². The van der Waals surface area contributed by atoms with Crippen molar-refractivity contribution in [3.05, 3.63) is 50.7 Å². The Morgan fingerprint density at radius 3 is 2.62 bits per heavy atom. The molecular weight excluding hydrogens is 443 g/mol. The molecule has 0 bridgehead atoms. The zero-order chi connectivity index (χ0) is 24.0. The number of anilines is 1. The molecule has 2 heterocycles. The summed E-state index contributed by atoms with van der Waals surface area (Å²) in [5, 5.41) is 2.58. The van der Waals surface area contributed by atoms with E-state index in [1.807, 2.05) is 0 Å². The lowest BCUT2D eigenvalue weighted by atomic mass is 10.3. The van der Waals surface area contributed by atoms with Gasteiger partial charge in [-0.3, -0.25) is 13.9 Å². The molecule has 2 aliphatic rings. The third kappa shape index (κ3) is 4.14. The molecule has 0 radical (unpaired) electrons. The van der Waals surface area contributed by atoms with Gasteiger partial charge in [-0.25, -0.2) is 19.0 Å². The number of benzene rings is 1. The van der Waals surface area contributed by atoms with Gasteiger partial charge in [0, 0.05) is 37.0 Å². The number of rotatable bonds is 5. The number of carbonyl (C=O) groups excluding carboxylic acids is 1. The van der Waals surface area contributed by atoms with Crippen LogP contribution in [0.25, 0.3) is 11.2 Å². The summed E-state index contributed by atoms with van der Waals surface area (Å²) in [6.07, 6.45) is 3.40. The summed E-state index contributed by atoms with van der Waals surface area (Å²) < 4.78 is 21.6. The number of nitrogens with zero attached hydrogens (tertiary/aromatic N) is 4. The number of imidazole rings is 1. The summed E-state index contributed by atoms with van der Waals surface area (Å²) in [4.78, 5) is 46.9. The number of methoxy groups -OCH3 is 1. The average Bonchev–Trinajstić information content (AvgIpc) is 3.72. The van der Waals surface area contributed by atoms with Gasteiger partial charge in [0.2, 0.25) is 0 Å². The van der Waals surface area contributed by atoms with Crippen molar-refractivity contribution in [2.45, 2.75) is 37.8 Å². The van der Waals surface area contributed by atoms with Crippen molar-refractivity contribution in [3.63, 3.8) is 0 Å². The third-order valence-corrected chi connectivity index (χ3v) is 5.81. The molecule has 0 spiro atoms. The van der Waals surface area contributed by atoms with Crippen molar-refractivity contribution in [2.75, 3.05) is 26.0 Å². The van der Waals surface area contributed by atoms with Crippen LogP contribution in [-0.2, 0) is 0 Å². The van der Waals surface area contributed by atoms with E-state index in [1.54, 1.807) is 4.57 Å². The molecule has 11 heteroatoms. The highest BCUT2D eigenvalue weighted by atomic mass is 19.1. The molecule has 2 aliphatic carbocycles. The Morgan fingerprint density at radius 1 is 1.24 bits per heavy atom. The van der Waals surface area contributed by atoms with Crippen molar-refractivity contribution in [3.8, 4) is 17.6 Å². The number of fused-ring (bicyclic) bond motifs is 1. The second kappa shape index (κ2) is 8.37. The maximum Gasteiger partial charge on any atom is 0.333 e. The minimum atomic E-state index is -0.535. The summed E-state index contributed by atoms with van der Waals surface area (Å²) in [7, 11) is 2.95. The maximum atomic E-state index is 13.6. The zero-order valence-electron chi connectivity index (χ0n) is 18.7. The van der Waals surface area contributed by atoms with E-state index >= 15 is 0 Å². The lowest BCUT2D eigenvalue weighted by Crippen LogP contribution is -2.39. The monoisotopic (exact) mass is 466 g/mol. The minimum Gasteiger partial charge on any atom is -0.497 e. The van der Waals surface area contributed by atoms with Gasteiger partial charge < -0.3 is 19.9 Å². The number of nitrogens with one attached hydrogen (secondary N) is 2. The Hall–Kier alpha value is -4.07. The molecule has 0 atom stereocenters. The summed E-state index contributed by atoms with van der Waals surface area (Å²) in [6.45, 7) is 0.0526. The van der Waals surface area contributed by atoms with Crippen LogP contribution in [0.1, 0.15) is 43.6 Å². The normalized spacial score (nSPS) is 15.0. The molecule has 2 fully saturated rings. The van der Waals surface area contributed by atoms with E-state index in [9.17, 15) is 18.8 Å². The van der Waals surface area contributed by atoms with Gasteiger partial charge in [-0.15, -0.1) is 0 Å². The number of aromatic amines is 1. The Labute approximate surface area is 193 Å². The average molecular weight is 466 g/mol. The van der Waals surface area contributed by atoms with Crippen molar-refractivity contribution in [1.82, 2.24) is 24.0 Å². The van der Waals surface area contributed by atoms with Crippen molar-refractivity contribution < 1.29 is 13.9 Å². The second-order valence-corrected chi connectivity index (χ2v) is 8.54. The molecule has 10 nitrogen and oxygen atoms in total. The van der Waals surface area contributed by atoms with Crippen LogP contribution in [0.2, 0.25) is 0 Å². The van der Waals surface area contributed by atoms with Gasteiger partial charge in [0.05, 0.1) is 13.7 Å². The van der Waals surface area contributed by atoms with Gasteiger partial charge in [-0.05, 0) is 37.7 Å². The van der Waals surface area contributed by atoms with Crippen molar-refractivity contribution >= 4 is 22.9 Å². The first-order chi connectivity index (χ1) is 16.4. The lowest BCUT2D eigenvalue weighted by Gasteiger charge is -2.15. The zero-order valence-corrected chi connectivity index (χ0v) is 18.7. The van der Waals surface area contributed by atoms with E-state index < -0.39 is 11.8 Å². The second-order valence-electron chi connectivity index (χ2n) is 8.54. The van der Waals surface area contributed by atoms with Crippen LogP contribution in [0.4, 0.5) is 14.9 Å². The largest absolute Gasteiger partial charge is 0.497 e. The summed E-state index contributed by atoms with van der Waals surface area (Å²) >= 11 is 0. The molecule has 0 aliphatic heterocycles. The first kappa shape index (κ1) is 21.8. The van der Waals surface area contributed by atoms with E-state index in [2.05, 4.69) is 27.1 Å². The summed E-state index contributed by atoms with van der Waals surface area (Å²) in [5.41, 5.74) is 0.170. The van der Waals surface area contributed by atoms with Crippen LogP contribution in [0.3, 0.4) is 0 Å². The Bertz CT molecular complexity index is 1470. The fraction of sp³-hybridized carbons (Fsp3) is 0.391. The van der Waals surface area contributed by atoms with E-state index in [0.29, 0.717) is 5.65 Å². The number of hydrogen-bond acceptors (Lipinski definition) is 5. The van der Waals surface area contributed by atoms with Gasteiger partial charge in [-0.2, -0.15) is 0 Å². The van der Waals surface area contributed by atoms with Crippen LogP contribution in [0.5, 0.6) is 5.75 Å². The maximum absolute atomic E-state index is 13.6. The number of H-pyrrole nitrogens is 1. The van der Waals surface area contributed by atoms with E-state index in [1.165, 1.54) is 41.8 Å². The number of amides is 2. The topological polar surface area (TPSA) is 114 Å². The first-order valence-electron chi connectivity index (χ1n) is 11.0. The SMILES string of the molecule is COc1cc(F)cc(NC(=O)N(C)CC#Cc2nc3c([nH]2)c(=O)n(C2CC2)c(=O)n3C2CC2)c1. The third-order valence-electron chi connectivity index (χ3n) is 5.81. The highest BCUT2D eigenvalue weighted by Gasteiger charge is 2.34. The highest BCUT2D eigenvalue weighted by Crippen LogP contribution is 2.36. The molecule has 2 amide bonds. The smallest absolute Gasteiger partial charge is 0.333 e. The highest BCUT2D eigenvalue weighted by molar-refractivity contribution is 5.89. The Balaban J connectivity index is 1.35. The number of aromatic nitrogens is 4. The summed E-state index contributed by atoms with van der Waals surface area (Å²) in [6, 6.07) is 3.42. The molecule has 2 saturated carbocycles. The molecule has 34 heavy (non-hydrogen) atoms. The van der Waals surface area contributed by atoms with E-state index in [0.717, 1.165) is 25.7 Å². The molecule has 176 valence electrons. The fourth-order valence-electron chi connectivity index (χ4n) is 3.76. The van der Waals surface area contributed by atoms with Crippen LogP contribution in [0, 0.1) is 17.7 Å². The fourth-order valence-corrected chi connectivity index (χ4v) is 3.76. The predicted molar refractivity (Wildman–Crippen MR) is 123 cm³/mol. The molecule has 0 saturated heterocycles. The number of carbonyl (C=O) groups is 1. The van der Waals surface area contributed by atoms with Gasteiger partial charge in [0.15, 0.2) is 17.0 Å². The number of urea groups is 1. The van der Waals surface area contributed by atoms with Crippen molar-refractivity contribution in [1.29, 1.82) is 0 Å². The first-order valence-corrected chi connectivity index (χ1v) is 11.0. The molecule has 0 unspecified atom stereocenters. The standard InChI is InChI=1S/C23H23FN6O4/c1-28(22(32)25-14-10-13(24)11-17(12-14)34-2)9-3-4-18-26-19-20(27-18)29(15-5-6-15)23(33)30(21(19)31)16-7-8-16/h10-12,15-16H,5-9H2,1-2H3,(H,25,32)(H,26,27). The molecule has 3 aromatic rings. The number of hydrogen-bond donors (Lipinski definition) is 2. The molecule has 1 aromatic carbocycles. The van der Waals surface area contributed by atoms with Gasteiger partial charge in [0.1, 0.15) is 11.6 Å². The molecular formula is C23H23FN6O4. The van der Waals surface area contributed by atoms with E-state index in [-0.39, 0.29) is 52.7 Å². The predicted octanol–water partition coefficient (Wildman–Crippen LogP) is 2.22. The van der Waals surface area contributed by atoms with Gasteiger partial charge in [0.25, 0.3) is 5.56 Å². The quantitative estimate of drug-likeness (QED) is 0.560. The van der Waals surface area contributed by atoms with Crippen LogP contribution in [0.15, 0.2) is 27.8 Å². The number of halogens is 1. The van der Waals surface area contributed by atoms with E-state index in [4.69, 9.17) is 4.74 Å². The van der Waals surface area contributed by atoms with Crippen LogP contribution >= 0.6 is 0 Å². The minimum absolute atomic E-state index is 0.0440.